The molecular weight excluding hydrogens is 562 g/mol. The summed E-state index contributed by atoms with van der Waals surface area (Å²) in [5, 5.41) is 12.8. The van der Waals surface area contributed by atoms with Crippen LogP contribution in [-0.2, 0) is 33.8 Å². The van der Waals surface area contributed by atoms with Crippen LogP contribution in [0.4, 0.5) is 5.13 Å². The van der Waals surface area contributed by atoms with Crippen LogP contribution in [0.1, 0.15) is 48.1 Å². The van der Waals surface area contributed by atoms with Gasteiger partial charge in [-0.1, -0.05) is 30.7 Å². The van der Waals surface area contributed by atoms with Crippen molar-refractivity contribution in [2.75, 3.05) is 50.9 Å². The molecule has 43 heavy (non-hydrogen) atoms. The smallest absolute Gasteiger partial charge is 0.309 e. The molecule has 3 aliphatic heterocycles. The number of hydrogen-bond acceptors (Lipinski definition) is 8. The summed E-state index contributed by atoms with van der Waals surface area (Å²) in [6.45, 7) is 15.0. The van der Waals surface area contributed by atoms with Crippen molar-refractivity contribution in [3.05, 3.63) is 63.5 Å². The number of nitrogens with zero attached hydrogens (tertiary/aromatic N) is 3. The molecule has 0 aliphatic carbocycles. The average molecular weight is 606 g/mol. The summed E-state index contributed by atoms with van der Waals surface area (Å²) in [4.78, 5) is 21.6. The first-order valence-electron chi connectivity index (χ1n) is 15.4. The zero-order valence-corrected chi connectivity index (χ0v) is 26.5. The predicted octanol–water partition coefficient (Wildman–Crippen LogP) is 5.72. The number of carboxylic acid groups (broad SMARTS) is 1. The van der Waals surface area contributed by atoms with E-state index >= 15 is 0 Å². The van der Waals surface area contributed by atoms with Gasteiger partial charge in [-0.25, -0.2) is 4.98 Å². The summed E-state index contributed by atoms with van der Waals surface area (Å²) < 4.78 is 18.0. The lowest BCUT2D eigenvalue weighted by Crippen LogP contribution is -2.48. The van der Waals surface area contributed by atoms with Gasteiger partial charge in [0.1, 0.15) is 12.4 Å². The Hall–Kier alpha value is -2.98. The number of aromatic nitrogens is 1. The second kappa shape index (κ2) is 12.6. The maximum absolute atomic E-state index is 11.9. The Morgan fingerprint density at radius 3 is 2.84 bits per heavy atom. The van der Waals surface area contributed by atoms with Gasteiger partial charge in [-0.05, 0) is 73.9 Å². The van der Waals surface area contributed by atoms with Crippen molar-refractivity contribution >= 4 is 22.4 Å². The van der Waals surface area contributed by atoms with E-state index in [0.29, 0.717) is 45.9 Å². The number of aryl methyl sites for hydroxylation is 1. The molecule has 2 saturated heterocycles. The minimum absolute atomic E-state index is 0.0346. The molecule has 3 aliphatic rings. The van der Waals surface area contributed by atoms with Crippen molar-refractivity contribution in [1.82, 2.24) is 9.88 Å². The number of ether oxygens (including phenoxy) is 3. The molecule has 3 atom stereocenters. The van der Waals surface area contributed by atoms with Gasteiger partial charge in [-0.15, -0.1) is 11.3 Å². The summed E-state index contributed by atoms with van der Waals surface area (Å²) in [6.07, 6.45) is 1.80. The third-order valence-electron chi connectivity index (χ3n) is 9.75. The van der Waals surface area contributed by atoms with E-state index in [-0.39, 0.29) is 12.0 Å². The minimum atomic E-state index is -0.711. The summed E-state index contributed by atoms with van der Waals surface area (Å²) in [7, 11) is 0. The van der Waals surface area contributed by atoms with Crippen LogP contribution in [0.2, 0.25) is 0 Å². The first kappa shape index (κ1) is 30.1. The largest absolute Gasteiger partial charge is 0.488 e. The maximum Gasteiger partial charge on any atom is 0.309 e. The fourth-order valence-corrected chi connectivity index (χ4v) is 7.44. The standard InChI is InChI=1S/C34H43N3O5S/c1-22-5-8-31(29(15-22)30-21-43-33(35-30)37-12-10-34(4,32(38)39)23(2)16-37)42-19-26-7-6-25-17-36(11-9-28(25)24(26)3)18-27-20-40-13-14-41-27/h5-8,15,21,23,27H,9-14,16-20H2,1-4H3,(H,38,39)/t23-,27?,34-/m0/s1. The minimum Gasteiger partial charge on any atom is -0.488 e. The van der Waals surface area contributed by atoms with Crippen molar-refractivity contribution in [2.45, 2.75) is 59.8 Å². The van der Waals surface area contributed by atoms with Crippen LogP contribution in [0.3, 0.4) is 0 Å². The molecule has 1 N–H and O–H groups in total. The average Bonchev–Trinajstić information content (AvgIpc) is 3.49. The number of benzene rings is 2. The fraction of sp³-hybridized carbons (Fsp3) is 0.529. The van der Waals surface area contributed by atoms with Gasteiger partial charge in [-0.3, -0.25) is 9.69 Å². The van der Waals surface area contributed by atoms with Crippen molar-refractivity contribution in [3.63, 3.8) is 0 Å². The quantitative estimate of drug-likeness (QED) is 0.349. The molecule has 1 aromatic heterocycles. The van der Waals surface area contributed by atoms with Crippen LogP contribution in [-0.4, -0.2) is 73.1 Å². The van der Waals surface area contributed by atoms with E-state index in [4.69, 9.17) is 19.2 Å². The number of carboxylic acids is 1. The van der Waals surface area contributed by atoms with Gasteiger partial charge in [0, 0.05) is 43.7 Å². The number of piperidine rings is 1. The second-order valence-electron chi connectivity index (χ2n) is 12.7. The Morgan fingerprint density at radius 1 is 1.21 bits per heavy atom. The number of hydrogen-bond donors (Lipinski definition) is 1. The first-order chi connectivity index (χ1) is 20.7. The maximum atomic E-state index is 11.9. The molecule has 0 radical (unpaired) electrons. The van der Waals surface area contributed by atoms with Gasteiger partial charge in [0.15, 0.2) is 5.13 Å². The van der Waals surface area contributed by atoms with Gasteiger partial charge in [-0.2, -0.15) is 0 Å². The molecule has 2 fully saturated rings. The molecule has 0 spiro atoms. The summed E-state index contributed by atoms with van der Waals surface area (Å²) in [5.74, 6) is 0.149. The second-order valence-corrected chi connectivity index (χ2v) is 13.5. The highest BCUT2D eigenvalue weighted by atomic mass is 32.1. The zero-order chi connectivity index (χ0) is 30.1. The van der Waals surface area contributed by atoms with E-state index in [1.54, 1.807) is 11.3 Å². The predicted molar refractivity (Wildman–Crippen MR) is 169 cm³/mol. The molecule has 0 saturated carbocycles. The molecule has 6 rings (SSSR count). The lowest BCUT2D eigenvalue weighted by atomic mass is 9.73. The summed E-state index contributed by atoms with van der Waals surface area (Å²) >= 11 is 1.61. The molecule has 3 aromatic rings. The van der Waals surface area contributed by atoms with Crippen molar-refractivity contribution < 1.29 is 24.1 Å². The summed E-state index contributed by atoms with van der Waals surface area (Å²) in [6, 6.07) is 10.8. The molecule has 0 bridgehead atoms. The van der Waals surface area contributed by atoms with Gasteiger partial charge in [0.05, 0.1) is 37.0 Å². The first-order valence-corrected chi connectivity index (χ1v) is 16.3. The van der Waals surface area contributed by atoms with Gasteiger partial charge < -0.3 is 24.2 Å². The SMILES string of the molecule is Cc1ccc(OCc2ccc3c(c2C)CCN(CC2COCCO2)C3)c(-c2csc(N3CC[C@](C)(C(=O)O)[C@@H](C)C3)n2)c1. The van der Waals surface area contributed by atoms with Crippen molar-refractivity contribution in [3.8, 4) is 17.0 Å². The Labute approximate surface area is 258 Å². The van der Waals surface area contributed by atoms with Crippen molar-refractivity contribution in [2.24, 2.45) is 11.3 Å². The Morgan fingerprint density at radius 2 is 2.07 bits per heavy atom. The van der Waals surface area contributed by atoms with Crippen LogP contribution < -0.4 is 9.64 Å². The molecular formula is C34H43N3O5S. The summed E-state index contributed by atoms with van der Waals surface area (Å²) in [5.41, 5.74) is 7.72. The number of thiazole rings is 1. The van der Waals surface area contributed by atoms with E-state index in [1.165, 1.54) is 22.3 Å². The zero-order valence-electron chi connectivity index (χ0n) is 25.7. The molecule has 2 aromatic carbocycles. The Kier molecular flexibility index (Phi) is 8.78. The lowest BCUT2D eigenvalue weighted by Gasteiger charge is -2.41. The monoisotopic (exact) mass is 605 g/mol. The number of anilines is 1. The highest BCUT2D eigenvalue weighted by molar-refractivity contribution is 7.14. The van der Waals surface area contributed by atoms with Gasteiger partial charge in [0.2, 0.25) is 0 Å². The number of rotatable bonds is 8. The molecule has 8 nitrogen and oxygen atoms in total. The highest BCUT2D eigenvalue weighted by Crippen LogP contribution is 2.40. The Balaban J connectivity index is 1.14. The van der Waals surface area contributed by atoms with E-state index in [0.717, 1.165) is 53.8 Å². The van der Waals surface area contributed by atoms with Gasteiger partial charge in [0.25, 0.3) is 0 Å². The normalized spacial score (nSPS) is 24.5. The van der Waals surface area contributed by atoms with Crippen LogP contribution in [0.25, 0.3) is 11.3 Å². The number of aliphatic carboxylic acids is 1. The van der Waals surface area contributed by atoms with Crippen LogP contribution in [0.15, 0.2) is 35.7 Å². The molecule has 0 amide bonds. The number of fused-ring (bicyclic) bond motifs is 1. The molecule has 9 heteroatoms. The topological polar surface area (TPSA) is 84.4 Å². The third-order valence-corrected chi connectivity index (χ3v) is 10.7. The number of carbonyl (C=O) groups is 1. The van der Waals surface area contributed by atoms with E-state index in [1.807, 2.05) is 19.9 Å². The van der Waals surface area contributed by atoms with E-state index in [2.05, 4.69) is 53.3 Å². The highest BCUT2D eigenvalue weighted by Gasteiger charge is 2.43. The van der Waals surface area contributed by atoms with Gasteiger partial charge >= 0.3 is 5.97 Å². The molecule has 1 unspecified atom stereocenters. The molecule has 230 valence electrons. The van der Waals surface area contributed by atoms with E-state index < -0.39 is 11.4 Å². The third kappa shape index (κ3) is 6.32. The van der Waals surface area contributed by atoms with E-state index in [9.17, 15) is 9.90 Å². The van der Waals surface area contributed by atoms with Crippen LogP contribution >= 0.6 is 11.3 Å². The van der Waals surface area contributed by atoms with Crippen molar-refractivity contribution in [1.29, 1.82) is 0 Å². The molecule has 4 heterocycles. The van der Waals surface area contributed by atoms with Crippen LogP contribution in [0.5, 0.6) is 5.75 Å². The Bertz CT molecular complexity index is 1470. The van der Waals surface area contributed by atoms with Crippen LogP contribution in [0, 0.1) is 25.2 Å². The fourth-order valence-electron chi connectivity index (χ4n) is 6.58. The lowest BCUT2D eigenvalue weighted by molar-refractivity contribution is -0.152.